The molecule has 4 N–H and O–H groups in total. The van der Waals surface area contributed by atoms with Gasteiger partial charge in [0.05, 0.1) is 0 Å². The third-order valence-electron chi connectivity index (χ3n) is 5.03. The molecule has 0 saturated carbocycles. The quantitative estimate of drug-likeness (QED) is 0.449. The van der Waals surface area contributed by atoms with Crippen LogP contribution in [0.2, 0.25) is 0 Å². The first-order valence-electron chi connectivity index (χ1n) is 8.90. The summed E-state index contributed by atoms with van der Waals surface area (Å²) in [4.78, 5) is 24.9. The zero-order valence-corrected chi connectivity index (χ0v) is 14.4. The first kappa shape index (κ1) is 18.8. The van der Waals surface area contributed by atoms with Crippen LogP contribution in [0.5, 0.6) is 0 Å². The number of piperidine rings is 2. The number of benzene rings is 1. The van der Waals surface area contributed by atoms with Crippen LogP contribution in [0.15, 0.2) is 18.2 Å². The number of hydrogen-bond donors (Lipinski definition) is 4. The van der Waals surface area contributed by atoms with E-state index in [9.17, 15) is 14.0 Å². The molecule has 1 unspecified atom stereocenters. The van der Waals surface area contributed by atoms with Gasteiger partial charge in [0.1, 0.15) is 11.9 Å². The number of amides is 2. The van der Waals surface area contributed by atoms with Crippen LogP contribution in [0.1, 0.15) is 37.2 Å². The Kier molecular flexibility index (Phi) is 5.85. The Morgan fingerprint density at radius 2 is 1.96 bits per heavy atom. The highest BCUT2D eigenvalue weighted by atomic mass is 19.1. The number of hydrogen-bond acceptors (Lipinski definition) is 6. The number of rotatable bonds is 5. The molecule has 1 aromatic rings. The molecule has 3 rings (SSSR count). The van der Waals surface area contributed by atoms with E-state index in [0.29, 0.717) is 30.8 Å². The molecule has 0 bridgehead atoms. The highest BCUT2D eigenvalue weighted by molar-refractivity contribution is 6.01. The summed E-state index contributed by atoms with van der Waals surface area (Å²) in [5.41, 5.74) is 1.16. The maximum atomic E-state index is 14.6. The van der Waals surface area contributed by atoms with Crippen molar-refractivity contribution in [1.29, 1.82) is 0 Å². The lowest BCUT2D eigenvalue weighted by atomic mass is 9.89. The molecule has 0 aliphatic carbocycles. The van der Waals surface area contributed by atoms with Crippen molar-refractivity contribution < 1.29 is 24.2 Å². The molecule has 1 atom stereocenters. The molecule has 0 radical (unpaired) electrons. The minimum Gasteiger partial charge on any atom is -0.374 e. The van der Waals surface area contributed by atoms with E-state index in [-0.39, 0.29) is 36.5 Å². The van der Waals surface area contributed by atoms with Crippen molar-refractivity contribution >= 4 is 17.5 Å². The summed E-state index contributed by atoms with van der Waals surface area (Å²) in [7, 11) is 0. The summed E-state index contributed by atoms with van der Waals surface area (Å²) in [6.07, 6.45) is 0.822. The van der Waals surface area contributed by atoms with Crippen molar-refractivity contribution in [1.82, 2.24) is 10.2 Å². The minimum absolute atomic E-state index is 0.0896. The van der Waals surface area contributed by atoms with Gasteiger partial charge in [-0.05, 0) is 56.0 Å². The Bertz CT molecular complexity index is 674. The van der Waals surface area contributed by atoms with Gasteiger partial charge in [0.25, 0.3) is 0 Å². The highest BCUT2D eigenvalue weighted by Gasteiger charge is 2.27. The van der Waals surface area contributed by atoms with E-state index < -0.39 is 12.3 Å². The fourth-order valence-electron chi connectivity index (χ4n) is 3.64. The van der Waals surface area contributed by atoms with Crippen LogP contribution in [0, 0.1) is 5.82 Å². The lowest BCUT2D eigenvalue weighted by Gasteiger charge is -2.32. The Labute approximate surface area is 151 Å². The van der Waals surface area contributed by atoms with Crippen LogP contribution in [-0.2, 0) is 9.59 Å². The maximum Gasteiger partial charge on any atom is 0.249 e. The fraction of sp³-hybridized carbons (Fsp3) is 0.556. The van der Waals surface area contributed by atoms with Gasteiger partial charge in [0.2, 0.25) is 11.8 Å². The molecule has 8 heteroatoms. The molecule has 2 aliphatic rings. The molecule has 2 amide bonds. The van der Waals surface area contributed by atoms with Gasteiger partial charge in [0.15, 0.2) is 6.29 Å². The normalized spacial score (nSPS) is 22.5. The van der Waals surface area contributed by atoms with E-state index in [4.69, 9.17) is 10.2 Å². The molecule has 0 spiro atoms. The number of β-amino-alcohol motifs (C(OH)–C–C–N with tert-alkyl or cyclic N) is 2. The number of nitrogens with zero attached hydrogens (tertiary/aromatic N) is 1. The second-order valence-corrected chi connectivity index (χ2v) is 6.94. The number of halogens is 1. The predicted octanol–water partition coefficient (Wildman–Crippen LogP) is 0.533. The lowest BCUT2D eigenvalue weighted by Crippen LogP contribution is -2.47. The average molecular weight is 365 g/mol. The largest absolute Gasteiger partial charge is 0.374 e. The van der Waals surface area contributed by atoms with E-state index >= 15 is 0 Å². The van der Waals surface area contributed by atoms with Crippen LogP contribution >= 0.6 is 0 Å². The number of carbonyl (C=O) groups is 2. The summed E-state index contributed by atoms with van der Waals surface area (Å²) in [6, 6.07) is 4.35. The van der Waals surface area contributed by atoms with Crippen molar-refractivity contribution in [3.05, 3.63) is 29.6 Å². The fourth-order valence-corrected chi connectivity index (χ4v) is 3.64. The van der Waals surface area contributed by atoms with Gasteiger partial charge in [-0.3, -0.25) is 19.8 Å². The molecule has 7 nitrogen and oxygen atoms in total. The number of aliphatic hydroxyl groups is 2. The zero-order chi connectivity index (χ0) is 18.7. The third-order valence-corrected chi connectivity index (χ3v) is 5.03. The Hall–Kier alpha value is -2.03. The summed E-state index contributed by atoms with van der Waals surface area (Å²) in [5.74, 6) is -0.895. The smallest absolute Gasteiger partial charge is 0.249 e. The molecule has 26 heavy (non-hydrogen) atoms. The number of carbonyl (C=O) groups excluding carboxylic acids is 2. The van der Waals surface area contributed by atoms with Crippen molar-refractivity contribution in [2.75, 3.05) is 25.0 Å². The number of nitrogens with one attached hydrogen (secondary N) is 2. The Morgan fingerprint density at radius 1 is 1.23 bits per heavy atom. The predicted molar refractivity (Wildman–Crippen MR) is 92.8 cm³/mol. The van der Waals surface area contributed by atoms with E-state index in [1.807, 2.05) is 4.90 Å². The van der Waals surface area contributed by atoms with Crippen molar-refractivity contribution in [2.24, 2.45) is 0 Å². The summed E-state index contributed by atoms with van der Waals surface area (Å²) >= 11 is 0. The molecule has 1 aromatic carbocycles. The van der Waals surface area contributed by atoms with Gasteiger partial charge in [-0.15, -0.1) is 0 Å². The van der Waals surface area contributed by atoms with Crippen molar-refractivity contribution in [3.8, 4) is 0 Å². The van der Waals surface area contributed by atoms with E-state index in [1.54, 1.807) is 12.1 Å². The molecular weight excluding hydrogens is 341 g/mol. The van der Waals surface area contributed by atoms with Gasteiger partial charge in [-0.2, -0.15) is 0 Å². The van der Waals surface area contributed by atoms with Crippen LogP contribution in [0.4, 0.5) is 10.1 Å². The second-order valence-electron chi connectivity index (χ2n) is 6.94. The van der Waals surface area contributed by atoms with Crippen LogP contribution in [0.25, 0.3) is 0 Å². The van der Waals surface area contributed by atoms with E-state index in [2.05, 4.69) is 10.6 Å². The Morgan fingerprint density at radius 3 is 2.58 bits per heavy atom. The SMILES string of the molecule is O=C1CCC(Nc2ccc(C3CCN(CC(O)O)CC3)c(F)c2)C(=O)N1. The molecular formula is C18H24FN3O4. The standard InChI is InChI=1S/C18H24FN3O4/c19-14-9-12(20-15-3-4-16(23)21-18(15)26)1-2-13(14)11-5-7-22(8-6-11)10-17(24)25/h1-2,9,11,15,17,20,24-25H,3-8,10H2,(H,21,23,26). The number of imide groups is 1. The number of likely N-dealkylation sites (tertiary alicyclic amines) is 1. The van der Waals surface area contributed by atoms with Crippen LogP contribution in [0.3, 0.4) is 0 Å². The van der Waals surface area contributed by atoms with Gasteiger partial charge in [0, 0.05) is 18.7 Å². The molecule has 2 aliphatic heterocycles. The lowest BCUT2D eigenvalue weighted by molar-refractivity contribution is -0.133. The molecule has 2 fully saturated rings. The summed E-state index contributed by atoms with van der Waals surface area (Å²) in [6.45, 7) is 1.60. The van der Waals surface area contributed by atoms with Gasteiger partial charge in [-0.25, -0.2) is 4.39 Å². The number of anilines is 1. The zero-order valence-electron chi connectivity index (χ0n) is 14.4. The van der Waals surface area contributed by atoms with E-state index in [1.165, 1.54) is 6.07 Å². The van der Waals surface area contributed by atoms with Crippen LogP contribution in [-0.4, -0.2) is 58.9 Å². The minimum atomic E-state index is -1.35. The Balaban J connectivity index is 1.60. The van der Waals surface area contributed by atoms with Gasteiger partial charge >= 0.3 is 0 Å². The monoisotopic (exact) mass is 365 g/mol. The van der Waals surface area contributed by atoms with Gasteiger partial charge < -0.3 is 15.5 Å². The van der Waals surface area contributed by atoms with Crippen molar-refractivity contribution in [2.45, 2.75) is 43.9 Å². The van der Waals surface area contributed by atoms with Crippen LogP contribution < -0.4 is 10.6 Å². The second kappa shape index (κ2) is 8.11. The average Bonchev–Trinajstić information content (AvgIpc) is 2.58. The topological polar surface area (TPSA) is 102 Å². The van der Waals surface area contributed by atoms with E-state index in [0.717, 1.165) is 12.8 Å². The first-order chi connectivity index (χ1) is 12.4. The number of aliphatic hydroxyl groups excluding tert-OH is 1. The highest BCUT2D eigenvalue weighted by Crippen LogP contribution is 2.31. The van der Waals surface area contributed by atoms with Gasteiger partial charge in [-0.1, -0.05) is 6.07 Å². The maximum absolute atomic E-state index is 14.6. The van der Waals surface area contributed by atoms with Crippen molar-refractivity contribution in [3.63, 3.8) is 0 Å². The summed E-state index contributed by atoms with van der Waals surface area (Å²) in [5, 5.41) is 23.3. The molecule has 2 heterocycles. The third kappa shape index (κ3) is 4.57. The summed E-state index contributed by atoms with van der Waals surface area (Å²) < 4.78 is 14.6. The molecule has 0 aromatic heterocycles. The molecule has 142 valence electrons. The molecule has 2 saturated heterocycles. The first-order valence-corrected chi connectivity index (χ1v) is 8.90.